The van der Waals surface area contributed by atoms with Crippen molar-refractivity contribution in [2.45, 2.75) is 59.9 Å². The zero-order chi connectivity index (χ0) is 24.2. The lowest BCUT2D eigenvalue weighted by molar-refractivity contribution is -0.130. The molecule has 0 spiro atoms. The third-order valence-electron chi connectivity index (χ3n) is 5.13. The first-order valence-corrected chi connectivity index (χ1v) is 11.8. The topological polar surface area (TPSA) is 102 Å². The number of phenolic OH excluding ortho intramolecular Hbond substituents is 1. The van der Waals surface area contributed by atoms with Crippen LogP contribution in [-0.4, -0.2) is 51.6 Å². The van der Waals surface area contributed by atoms with Gasteiger partial charge in [0.25, 0.3) is 0 Å². The molecule has 8 nitrogen and oxygen atoms in total. The highest BCUT2D eigenvalue weighted by atomic mass is 16.3. The molecule has 8 heteroatoms. The van der Waals surface area contributed by atoms with Gasteiger partial charge in [-0.3, -0.25) is 4.79 Å². The molecule has 0 radical (unpaired) electrons. The predicted molar refractivity (Wildman–Crippen MR) is 136 cm³/mol. The number of phenols is 1. The summed E-state index contributed by atoms with van der Waals surface area (Å²) in [5, 5.41) is 19.5. The number of hydrogen-bond donors (Lipinski definition) is 4. The first-order chi connectivity index (χ1) is 15.9. The number of hydrogen-bond acceptors (Lipinski definition) is 7. The van der Waals surface area contributed by atoms with Gasteiger partial charge in [0.05, 0.1) is 6.54 Å². The van der Waals surface area contributed by atoms with Crippen LogP contribution in [0.5, 0.6) is 5.75 Å². The summed E-state index contributed by atoms with van der Waals surface area (Å²) in [6.07, 6.45) is 6.51. The van der Waals surface area contributed by atoms with E-state index < -0.39 is 0 Å². The largest absolute Gasteiger partial charge is 0.508 e. The number of anilines is 3. The standard InChI is InChI=1S/C23H32N6O2.C2H6/c1-4-6-17(3)27-21-12-22(26-15-25-21)28-18-7-5-8-29(14-18)23(31)13-24-19-9-16(2)10-20(30)11-19;1-2/h6,9-12,15,18,24,30H,4-5,7-8,13-14H2,1-3H3,(H2,25,26,27,28);1-2H3/b17-6+;. The number of rotatable bonds is 8. The molecule has 1 aliphatic heterocycles. The fraction of sp³-hybridized carbons (Fsp3) is 0.480. The van der Waals surface area contributed by atoms with E-state index in [4.69, 9.17) is 0 Å². The van der Waals surface area contributed by atoms with E-state index in [1.165, 1.54) is 6.33 Å². The number of amides is 1. The van der Waals surface area contributed by atoms with Gasteiger partial charge in [-0.05, 0) is 50.8 Å². The second-order valence-corrected chi connectivity index (χ2v) is 7.94. The first-order valence-electron chi connectivity index (χ1n) is 11.8. The number of aromatic hydroxyl groups is 1. The van der Waals surface area contributed by atoms with Gasteiger partial charge in [0.2, 0.25) is 5.91 Å². The number of aromatic nitrogens is 2. The minimum absolute atomic E-state index is 0.0397. The summed E-state index contributed by atoms with van der Waals surface area (Å²) in [4.78, 5) is 23.2. The van der Waals surface area contributed by atoms with E-state index in [0.717, 1.165) is 54.4 Å². The molecular formula is C25H38N6O2. The van der Waals surface area contributed by atoms with Gasteiger partial charge in [0.15, 0.2) is 0 Å². The summed E-state index contributed by atoms with van der Waals surface area (Å²) < 4.78 is 0. The average Bonchev–Trinajstić information content (AvgIpc) is 2.79. The van der Waals surface area contributed by atoms with Gasteiger partial charge in [0.1, 0.15) is 23.7 Å². The minimum atomic E-state index is 0.0397. The van der Waals surface area contributed by atoms with E-state index in [1.807, 2.05) is 44.7 Å². The molecule has 0 aliphatic carbocycles. The second kappa shape index (κ2) is 13.3. The van der Waals surface area contributed by atoms with Gasteiger partial charge in [-0.2, -0.15) is 0 Å². The quantitative estimate of drug-likeness (QED) is 0.456. The monoisotopic (exact) mass is 454 g/mol. The summed E-state index contributed by atoms with van der Waals surface area (Å²) in [5.74, 6) is 1.72. The smallest absolute Gasteiger partial charge is 0.241 e. The lowest BCUT2D eigenvalue weighted by atomic mass is 10.1. The van der Waals surface area contributed by atoms with Crippen LogP contribution < -0.4 is 16.0 Å². The predicted octanol–water partition coefficient (Wildman–Crippen LogP) is 4.76. The third-order valence-corrected chi connectivity index (χ3v) is 5.13. The molecular weight excluding hydrogens is 416 g/mol. The summed E-state index contributed by atoms with van der Waals surface area (Å²) in [7, 11) is 0. The van der Waals surface area contributed by atoms with Gasteiger partial charge in [-0.1, -0.05) is 26.8 Å². The van der Waals surface area contributed by atoms with E-state index in [0.29, 0.717) is 6.54 Å². The lowest BCUT2D eigenvalue weighted by Crippen LogP contribution is -2.47. The van der Waals surface area contributed by atoms with E-state index in [9.17, 15) is 9.90 Å². The molecule has 1 aromatic carbocycles. The van der Waals surface area contributed by atoms with Gasteiger partial charge in [0, 0.05) is 42.6 Å². The van der Waals surface area contributed by atoms with Gasteiger partial charge >= 0.3 is 0 Å². The maximum atomic E-state index is 12.7. The van der Waals surface area contributed by atoms with Gasteiger partial charge in [-0.25, -0.2) is 9.97 Å². The molecule has 2 aromatic rings. The maximum Gasteiger partial charge on any atom is 0.241 e. The first kappa shape index (κ1) is 26.0. The van der Waals surface area contributed by atoms with Crippen LogP contribution in [0.2, 0.25) is 0 Å². The maximum absolute atomic E-state index is 12.7. The molecule has 180 valence electrons. The van der Waals surface area contributed by atoms with E-state index in [-0.39, 0.29) is 24.2 Å². The number of aryl methyl sites for hydroxylation is 1. The van der Waals surface area contributed by atoms with Crippen LogP contribution in [0.4, 0.5) is 17.3 Å². The minimum Gasteiger partial charge on any atom is -0.508 e. The Balaban J connectivity index is 0.00000187. The van der Waals surface area contributed by atoms with E-state index >= 15 is 0 Å². The molecule has 1 amide bonds. The Morgan fingerprint density at radius 1 is 1.21 bits per heavy atom. The number of benzene rings is 1. The van der Waals surface area contributed by atoms with Crippen molar-refractivity contribution in [3.05, 3.63) is 47.9 Å². The van der Waals surface area contributed by atoms with Crippen LogP contribution in [0.25, 0.3) is 0 Å². The van der Waals surface area contributed by atoms with Crippen molar-refractivity contribution in [2.75, 3.05) is 35.6 Å². The molecule has 1 aliphatic rings. The number of nitrogens with zero attached hydrogens (tertiary/aromatic N) is 3. The zero-order valence-corrected chi connectivity index (χ0v) is 20.5. The zero-order valence-electron chi connectivity index (χ0n) is 20.5. The van der Waals surface area contributed by atoms with Crippen molar-refractivity contribution in [1.29, 1.82) is 0 Å². The summed E-state index contributed by atoms with van der Waals surface area (Å²) in [5.41, 5.74) is 2.73. The Labute approximate surface area is 197 Å². The SMILES string of the molecule is CC.CC/C=C(\C)Nc1cc(NC2CCCN(C(=O)CNc3cc(C)cc(O)c3)C2)ncn1. The Morgan fingerprint density at radius 3 is 2.70 bits per heavy atom. The van der Waals surface area contributed by atoms with Crippen LogP contribution in [0.15, 0.2) is 42.4 Å². The fourth-order valence-corrected chi connectivity index (χ4v) is 3.75. The number of carbonyl (C=O) groups excluding carboxylic acids is 1. The molecule has 3 rings (SSSR count). The van der Waals surface area contributed by atoms with E-state index in [2.05, 4.69) is 38.9 Å². The Morgan fingerprint density at radius 2 is 1.97 bits per heavy atom. The second-order valence-electron chi connectivity index (χ2n) is 7.94. The molecule has 0 saturated carbocycles. The Bertz CT molecular complexity index is 911. The summed E-state index contributed by atoms with van der Waals surface area (Å²) >= 11 is 0. The van der Waals surface area contributed by atoms with Gasteiger partial charge < -0.3 is 26.0 Å². The normalized spacial score (nSPS) is 15.8. The van der Waals surface area contributed by atoms with Crippen LogP contribution in [0.3, 0.4) is 0 Å². The van der Waals surface area contributed by atoms with Crippen molar-refractivity contribution in [3.63, 3.8) is 0 Å². The van der Waals surface area contributed by atoms with Crippen LogP contribution in [0, 0.1) is 6.92 Å². The number of likely N-dealkylation sites (tertiary alicyclic amines) is 1. The molecule has 1 atom stereocenters. The van der Waals surface area contributed by atoms with Crippen LogP contribution in [-0.2, 0) is 4.79 Å². The molecule has 33 heavy (non-hydrogen) atoms. The van der Waals surface area contributed by atoms with Crippen molar-refractivity contribution < 1.29 is 9.90 Å². The molecule has 1 saturated heterocycles. The Hall–Kier alpha value is -3.29. The van der Waals surface area contributed by atoms with Gasteiger partial charge in [-0.15, -0.1) is 0 Å². The molecule has 4 N–H and O–H groups in total. The molecule has 1 aromatic heterocycles. The van der Waals surface area contributed by atoms with Crippen molar-refractivity contribution >= 4 is 23.2 Å². The summed E-state index contributed by atoms with van der Waals surface area (Å²) in [6.45, 7) is 11.6. The Kier molecular flexibility index (Phi) is 10.5. The highest BCUT2D eigenvalue weighted by Gasteiger charge is 2.23. The summed E-state index contributed by atoms with van der Waals surface area (Å²) in [6, 6.07) is 7.24. The number of carbonyl (C=O) groups is 1. The third kappa shape index (κ3) is 8.63. The van der Waals surface area contributed by atoms with Crippen LogP contribution >= 0.6 is 0 Å². The number of piperidine rings is 1. The fourth-order valence-electron chi connectivity index (χ4n) is 3.75. The van der Waals surface area contributed by atoms with Crippen LogP contribution in [0.1, 0.15) is 52.5 Å². The molecule has 1 fully saturated rings. The van der Waals surface area contributed by atoms with Crippen molar-refractivity contribution in [2.24, 2.45) is 0 Å². The number of allylic oxidation sites excluding steroid dienone is 2. The lowest BCUT2D eigenvalue weighted by Gasteiger charge is -2.33. The molecule has 2 heterocycles. The van der Waals surface area contributed by atoms with Crippen molar-refractivity contribution in [3.8, 4) is 5.75 Å². The average molecular weight is 455 g/mol. The molecule has 1 unspecified atom stereocenters. The van der Waals surface area contributed by atoms with Crippen molar-refractivity contribution in [1.82, 2.24) is 14.9 Å². The molecule has 0 bridgehead atoms. The highest BCUT2D eigenvalue weighted by molar-refractivity contribution is 5.81. The number of nitrogens with one attached hydrogen (secondary N) is 3. The highest BCUT2D eigenvalue weighted by Crippen LogP contribution is 2.20. The van der Waals surface area contributed by atoms with E-state index in [1.54, 1.807) is 12.1 Å².